The minimum atomic E-state index is -0.932. The first-order valence-electron chi connectivity index (χ1n) is 9.27. The number of thioether (sulfide) groups is 1. The zero-order chi connectivity index (χ0) is 19.9. The number of benzene rings is 2. The smallest absolute Gasteiger partial charge is 0.305 e. The Hall–Kier alpha value is -2.73. The van der Waals surface area contributed by atoms with E-state index in [0.717, 1.165) is 22.4 Å². The number of hydrogen-bond acceptors (Lipinski definition) is 3. The van der Waals surface area contributed by atoms with Crippen molar-refractivity contribution in [3.8, 4) is 0 Å². The van der Waals surface area contributed by atoms with E-state index in [2.05, 4.69) is 16.4 Å². The zero-order valence-corrected chi connectivity index (χ0v) is 16.6. The standard InChI is InChI=1S/C22H24N2O3S/c1-28-17-11-9-15(10-12-17)20(13-22(26)27)24-21(25)8-4-5-16-14-23-19-7-3-2-6-18(16)19/h2-3,6-7,9-12,14,20,23H,4-5,8,13H2,1H3,(H,24,25)(H,26,27). The Bertz CT molecular complexity index is 950. The number of H-pyrrole nitrogens is 1. The largest absolute Gasteiger partial charge is 0.481 e. The van der Waals surface area contributed by atoms with Crippen molar-refractivity contribution < 1.29 is 14.7 Å². The van der Waals surface area contributed by atoms with Crippen molar-refractivity contribution in [3.05, 3.63) is 65.9 Å². The first-order valence-corrected chi connectivity index (χ1v) is 10.5. The summed E-state index contributed by atoms with van der Waals surface area (Å²) in [6, 6.07) is 15.2. The van der Waals surface area contributed by atoms with Gasteiger partial charge in [-0.1, -0.05) is 30.3 Å². The topological polar surface area (TPSA) is 82.2 Å². The van der Waals surface area contributed by atoms with Crippen LogP contribution in [0, 0.1) is 0 Å². The molecule has 3 rings (SSSR count). The van der Waals surface area contributed by atoms with Crippen LogP contribution in [-0.2, 0) is 16.0 Å². The number of rotatable bonds is 9. The number of aliphatic carboxylic acids is 1. The van der Waals surface area contributed by atoms with Crippen molar-refractivity contribution in [1.82, 2.24) is 10.3 Å². The molecule has 146 valence electrons. The summed E-state index contributed by atoms with van der Waals surface area (Å²) in [7, 11) is 0. The maximum absolute atomic E-state index is 12.4. The number of fused-ring (bicyclic) bond motifs is 1. The average molecular weight is 397 g/mol. The van der Waals surface area contributed by atoms with Crippen molar-refractivity contribution >= 4 is 34.5 Å². The van der Waals surface area contributed by atoms with Crippen LogP contribution in [0.2, 0.25) is 0 Å². The summed E-state index contributed by atoms with van der Waals surface area (Å²) in [5.74, 6) is -1.06. The lowest BCUT2D eigenvalue weighted by atomic mass is 10.0. The van der Waals surface area contributed by atoms with Gasteiger partial charge in [0, 0.05) is 28.4 Å². The number of nitrogens with one attached hydrogen (secondary N) is 2. The highest BCUT2D eigenvalue weighted by atomic mass is 32.2. The number of carboxylic acids is 1. The van der Waals surface area contributed by atoms with Gasteiger partial charge in [0.25, 0.3) is 0 Å². The summed E-state index contributed by atoms with van der Waals surface area (Å²) >= 11 is 1.62. The molecular weight excluding hydrogens is 372 g/mol. The highest BCUT2D eigenvalue weighted by Gasteiger charge is 2.18. The Kier molecular flexibility index (Phi) is 6.76. The summed E-state index contributed by atoms with van der Waals surface area (Å²) in [4.78, 5) is 28.0. The lowest BCUT2D eigenvalue weighted by Gasteiger charge is -2.18. The van der Waals surface area contributed by atoms with Crippen LogP contribution in [0.3, 0.4) is 0 Å². The molecule has 0 spiro atoms. The molecule has 0 bridgehead atoms. The van der Waals surface area contributed by atoms with Gasteiger partial charge in [-0.05, 0) is 48.4 Å². The van der Waals surface area contributed by atoms with E-state index in [4.69, 9.17) is 0 Å². The lowest BCUT2D eigenvalue weighted by molar-refractivity contribution is -0.137. The van der Waals surface area contributed by atoms with Crippen LogP contribution in [0.4, 0.5) is 0 Å². The lowest BCUT2D eigenvalue weighted by Crippen LogP contribution is -2.30. The normalized spacial score (nSPS) is 12.0. The molecular formula is C22H24N2O3S. The Morgan fingerprint density at radius 2 is 1.89 bits per heavy atom. The maximum Gasteiger partial charge on any atom is 0.305 e. The third kappa shape index (κ3) is 5.16. The van der Waals surface area contributed by atoms with E-state index in [1.54, 1.807) is 11.8 Å². The molecule has 3 aromatic rings. The second-order valence-corrected chi connectivity index (χ2v) is 7.58. The molecule has 0 aliphatic carbocycles. The number of amides is 1. The number of carboxylic acid groups (broad SMARTS) is 1. The Morgan fingerprint density at radius 1 is 1.14 bits per heavy atom. The van der Waals surface area contributed by atoms with Crippen LogP contribution < -0.4 is 5.32 Å². The molecule has 3 N–H and O–H groups in total. The number of hydrogen-bond donors (Lipinski definition) is 3. The molecule has 0 aliphatic heterocycles. The monoisotopic (exact) mass is 396 g/mol. The molecule has 0 radical (unpaired) electrons. The molecule has 0 aliphatic rings. The molecule has 5 nitrogen and oxygen atoms in total. The second kappa shape index (κ2) is 9.46. The van der Waals surface area contributed by atoms with Crippen LogP contribution in [-0.4, -0.2) is 28.2 Å². The Balaban J connectivity index is 1.57. The number of aromatic nitrogens is 1. The van der Waals surface area contributed by atoms with Crippen LogP contribution in [0.25, 0.3) is 10.9 Å². The number of aryl methyl sites for hydroxylation is 1. The minimum Gasteiger partial charge on any atom is -0.481 e. The Labute approximate surface area is 168 Å². The molecule has 1 heterocycles. The quantitative estimate of drug-likeness (QED) is 0.464. The van der Waals surface area contributed by atoms with Gasteiger partial charge in [-0.3, -0.25) is 9.59 Å². The third-order valence-electron chi connectivity index (χ3n) is 4.76. The van der Waals surface area contributed by atoms with Gasteiger partial charge in [-0.15, -0.1) is 11.8 Å². The maximum atomic E-state index is 12.4. The van der Waals surface area contributed by atoms with Gasteiger partial charge in [0.1, 0.15) is 0 Å². The number of aromatic amines is 1. The molecule has 6 heteroatoms. The van der Waals surface area contributed by atoms with Crippen molar-refractivity contribution in [2.75, 3.05) is 6.26 Å². The summed E-state index contributed by atoms with van der Waals surface area (Å²) in [6.07, 6.45) is 5.70. The fraction of sp³-hybridized carbons (Fsp3) is 0.273. The molecule has 0 fully saturated rings. The fourth-order valence-corrected chi connectivity index (χ4v) is 3.72. The minimum absolute atomic E-state index is 0.125. The molecule has 1 unspecified atom stereocenters. The van der Waals surface area contributed by atoms with E-state index in [1.807, 2.05) is 54.9 Å². The molecule has 0 saturated heterocycles. The highest BCUT2D eigenvalue weighted by Crippen LogP contribution is 2.22. The second-order valence-electron chi connectivity index (χ2n) is 6.70. The molecule has 2 aromatic carbocycles. The predicted octanol–water partition coefficient (Wildman–Crippen LogP) is 4.54. The van der Waals surface area contributed by atoms with Gasteiger partial charge in [-0.25, -0.2) is 0 Å². The summed E-state index contributed by atoms with van der Waals surface area (Å²) in [6.45, 7) is 0. The summed E-state index contributed by atoms with van der Waals surface area (Å²) in [5.41, 5.74) is 3.10. The number of para-hydroxylation sites is 1. The zero-order valence-electron chi connectivity index (χ0n) is 15.8. The third-order valence-corrected chi connectivity index (χ3v) is 5.50. The molecule has 0 saturated carbocycles. The first-order chi connectivity index (χ1) is 13.6. The van der Waals surface area contributed by atoms with Crippen LogP contribution >= 0.6 is 11.8 Å². The Morgan fingerprint density at radius 3 is 2.61 bits per heavy atom. The molecule has 1 aromatic heterocycles. The van der Waals surface area contributed by atoms with E-state index >= 15 is 0 Å². The predicted molar refractivity (Wildman–Crippen MR) is 113 cm³/mol. The summed E-state index contributed by atoms with van der Waals surface area (Å²) < 4.78 is 0. The van der Waals surface area contributed by atoms with Gasteiger partial charge in [0.05, 0.1) is 12.5 Å². The number of carbonyl (C=O) groups excluding carboxylic acids is 1. The van der Waals surface area contributed by atoms with Gasteiger partial charge < -0.3 is 15.4 Å². The highest BCUT2D eigenvalue weighted by molar-refractivity contribution is 7.98. The van der Waals surface area contributed by atoms with Crippen molar-refractivity contribution in [2.45, 2.75) is 36.6 Å². The van der Waals surface area contributed by atoms with Gasteiger partial charge in [-0.2, -0.15) is 0 Å². The first kappa shape index (κ1) is 20.0. The van der Waals surface area contributed by atoms with E-state index < -0.39 is 12.0 Å². The van der Waals surface area contributed by atoms with Crippen LogP contribution in [0.15, 0.2) is 59.6 Å². The van der Waals surface area contributed by atoms with Gasteiger partial charge in [0.2, 0.25) is 5.91 Å². The van der Waals surface area contributed by atoms with Crippen molar-refractivity contribution in [2.24, 2.45) is 0 Å². The molecule has 1 atom stereocenters. The van der Waals surface area contributed by atoms with E-state index in [-0.39, 0.29) is 12.3 Å². The van der Waals surface area contributed by atoms with Crippen LogP contribution in [0.5, 0.6) is 0 Å². The van der Waals surface area contributed by atoms with E-state index in [9.17, 15) is 14.7 Å². The molecule has 28 heavy (non-hydrogen) atoms. The van der Waals surface area contributed by atoms with Gasteiger partial charge in [0.15, 0.2) is 0 Å². The average Bonchev–Trinajstić information content (AvgIpc) is 3.10. The van der Waals surface area contributed by atoms with Crippen molar-refractivity contribution in [3.63, 3.8) is 0 Å². The van der Waals surface area contributed by atoms with Crippen molar-refractivity contribution in [1.29, 1.82) is 0 Å². The van der Waals surface area contributed by atoms with E-state index in [0.29, 0.717) is 12.8 Å². The van der Waals surface area contributed by atoms with Crippen LogP contribution in [0.1, 0.15) is 36.4 Å². The SMILES string of the molecule is CSc1ccc(C(CC(=O)O)NC(=O)CCCc2c[nH]c3ccccc23)cc1. The fourth-order valence-electron chi connectivity index (χ4n) is 3.31. The molecule has 1 amide bonds. The van der Waals surface area contributed by atoms with Gasteiger partial charge >= 0.3 is 5.97 Å². The number of carbonyl (C=O) groups is 2. The summed E-state index contributed by atoms with van der Waals surface area (Å²) in [5, 5.41) is 13.3. The van der Waals surface area contributed by atoms with E-state index in [1.165, 1.54) is 10.9 Å².